The number of carbonyl (C=O) groups is 1. The number of hydrogen-bond donors (Lipinski definition) is 1. The van der Waals surface area contributed by atoms with E-state index in [4.69, 9.17) is 5.11 Å². The van der Waals surface area contributed by atoms with Crippen molar-refractivity contribution >= 4 is 5.97 Å². The molecule has 0 amide bonds. The van der Waals surface area contributed by atoms with Gasteiger partial charge in [0.05, 0.1) is 0 Å². The van der Waals surface area contributed by atoms with Gasteiger partial charge in [-0.2, -0.15) is 0 Å². The van der Waals surface area contributed by atoms with E-state index in [1.165, 1.54) is 25.7 Å². The van der Waals surface area contributed by atoms with Crippen molar-refractivity contribution in [2.24, 2.45) is 11.8 Å². The molecule has 2 heteroatoms. The molecule has 0 spiro atoms. The first-order valence-corrected chi connectivity index (χ1v) is 5.06. The van der Waals surface area contributed by atoms with E-state index >= 15 is 0 Å². The number of carboxylic acids is 1. The van der Waals surface area contributed by atoms with E-state index in [0.29, 0.717) is 17.4 Å². The SMILES string of the molecule is CCC1CCCC1C=C(C)C(=O)O. The van der Waals surface area contributed by atoms with Crippen molar-refractivity contribution in [2.75, 3.05) is 0 Å². The van der Waals surface area contributed by atoms with Crippen LogP contribution in [0, 0.1) is 11.8 Å². The van der Waals surface area contributed by atoms with E-state index in [9.17, 15) is 4.79 Å². The summed E-state index contributed by atoms with van der Waals surface area (Å²) in [6, 6.07) is 0. The Labute approximate surface area is 79.6 Å². The first-order valence-electron chi connectivity index (χ1n) is 5.06. The third-order valence-electron chi connectivity index (χ3n) is 3.04. The molecule has 0 bridgehead atoms. The third kappa shape index (κ3) is 2.58. The Hall–Kier alpha value is -0.790. The molecule has 2 nitrogen and oxygen atoms in total. The molecular weight excluding hydrogens is 164 g/mol. The molecule has 0 heterocycles. The van der Waals surface area contributed by atoms with Crippen LogP contribution in [0.15, 0.2) is 11.6 Å². The molecule has 1 aliphatic rings. The van der Waals surface area contributed by atoms with Gasteiger partial charge in [0.15, 0.2) is 0 Å². The van der Waals surface area contributed by atoms with Crippen LogP contribution in [0.25, 0.3) is 0 Å². The Bertz CT molecular complexity index is 218. The van der Waals surface area contributed by atoms with Crippen LogP contribution in [0.4, 0.5) is 0 Å². The van der Waals surface area contributed by atoms with Gasteiger partial charge in [0, 0.05) is 5.57 Å². The molecule has 2 unspecified atom stereocenters. The minimum Gasteiger partial charge on any atom is -0.478 e. The van der Waals surface area contributed by atoms with Crippen LogP contribution < -0.4 is 0 Å². The predicted molar refractivity (Wildman–Crippen MR) is 52.5 cm³/mol. The zero-order chi connectivity index (χ0) is 9.84. The summed E-state index contributed by atoms with van der Waals surface area (Å²) < 4.78 is 0. The average molecular weight is 182 g/mol. The molecule has 1 fully saturated rings. The van der Waals surface area contributed by atoms with Crippen molar-refractivity contribution in [1.29, 1.82) is 0 Å². The highest BCUT2D eigenvalue weighted by Gasteiger charge is 2.24. The smallest absolute Gasteiger partial charge is 0.330 e. The summed E-state index contributed by atoms with van der Waals surface area (Å²) in [5, 5.41) is 8.73. The molecule has 1 saturated carbocycles. The fourth-order valence-electron chi connectivity index (χ4n) is 2.18. The number of aliphatic carboxylic acids is 1. The molecular formula is C11H18O2. The van der Waals surface area contributed by atoms with Crippen molar-refractivity contribution in [3.05, 3.63) is 11.6 Å². The topological polar surface area (TPSA) is 37.3 Å². The highest BCUT2D eigenvalue weighted by atomic mass is 16.4. The number of rotatable bonds is 3. The maximum absolute atomic E-state index is 10.6. The summed E-state index contributed by atoms with van der Waals surface area (Å²) in [6.45, 7) is 3.88. The first kappa shape index (κ1) is 10.3. The molecule has 1 N–H and O–H groups in total. The standard InChI is InChI=1S/C11H18O2/c1-3-9-5-4-6-10(9)7-8(2)11(12)13/h7,9-10H,3-6H2,1-2H3,(H,12,13). The minimum atomic E-state index is -0.776. The first-order chi connectivity index (χ1) is 6.15. The van der Waals surface area contributed by atoms with Crippen molar-refractivity contribution in [1.82, 2.24) is 0 Å². The fourth-order valence-corrected chi connectivity index (χ4v) is 2.18. The highest BCUT2D eigenvalue weighted by Crippen LogP contribution is 2.35. The van der Waals surface area contributed by atoms with Gasteiger partial charge in [0.1, 0.15) is 0 Å². The molecule has 0 aromatic rings. The van der Waals surface area contributed by atoms with Gasteiger partial charge in [-0.05, 0) is 31.6 Å². The van der Waals surface area contributed by atoms with Crippen molar-refractivity contribution in [3.63, 3.8) is 0 Å². The summed E-state index contributed by atoms with van der Waals surface area (Å²) in [5.74, 6) is 0.456. The average Bonchev–Trinajstić information content (AvgIpc) is 2.51. The second kappa shape index (κ2) is 4.45. The molecule has 0 radical (unpaired) electrons. The lowest BCUT2D eigenvalue weighted by Gasteiger charge is -2.13. The Kier molecular flexibility index (Phi) is 3.52. The molecule has 0 aliphatic heterocycles. The summed E-state index contributed by atoms with van der Waals surface area (Å²) in [5.41, 5.74) is 0.505. The second-order valence-electron chi connectivity index (χ2n) is 3.92. The number of hydrogen-bond acceptors (Lipinski definition) is 1. The zero-order valence-corrected chi connectivity index (χ0v) is 8.42. The van der Waals surface area contributed by atoms with Gasteiger partial charge < -0.3 is 5.11 Å². The Morgan fingerprint density at radius 3 is 2.77 bits per heavy atom. The predicted octanol–water partition coefficient (Wildman–Crippen LogP) is 2.84. The molecule has 74 valence electrons. The lowest BCUT2D eigenvalue weighted by molar-refractivity contribution is -0.132. The van der Waals surface area contributed by atoms with Gasteiger partial charge in [0.2, 0.25) is 0 Å². The Morgan fingerprint density at radius 2 is 2.23 bits per heavy atom. The summed E-state index contributed by atoms with van der Waals surface area (Å²) in [4.78, 5) is 10.6. The van der Waals surface area contributed by atoms with Crippen molar-refractivity contribution in [2.45, 2.75) is 39.5 Å². The monoisotopic (exact) mass is 182 g/mol. The zero-order valence-electron chi connectivity index (χ0n) is 8.42. The van der Waals surface area contributed by atoms with Crippen LogP contribution in [0.3, 0.4) is 0 Å². The molecule has 1 rings (SSSR count). The lowest BCUT2D eigenvalue weighted by atomic mass is 9.92. The molecule has 0 saturated heterocycles. The molecule has 13 heavy (non-hydrogen) atoms. The summed E-state index contributed by atoms with van der Waals surface area (Å²) in [7, 11) is 0. The van der Waals surface area contributed by atoms with E-state index in [1.54, 1.807) is 6.92 Å². The van der Waals surface area contributed by atoms with Gasteiger partial charge in [-0.25, -0.2) is 4.79 Å². The Morgan fingerprint density at radius 1 is 1.54 bits per heavy atom. The maximum atomic E-state index is 10.6. The number of carboxylic acid groups (broad SMARTS) is 1. The van der Waals surface area contributed by atoms with E-state index in [1.807, 2.05) is 6.08 Å². The van der Waals surface area contributed by atoms with Gasteiger partial charge in [0.25, 0.3) is 0 Å². The highest BCUT2D eigenvalue weighted by molar-refractivity contribution is 5.85. The van der Waals surface area contributed by atoms with Crippen molar-refractivity contribution < 1.29 is 9.90 Å². The largest absolute Gasteiger partial charge is 0.478 e. The van der Waals surface area contributed by atoms with Crippen LogP contribution in [-0.2, 0) is 4.79 Å². The quantitative estimate of drug-likeness (QED) is 0.681. The van der Waals surface area contributed by atoms with Gasteiger partial charge in [-0.15, -0.1) is 0 Å². The number of allylic oxidation sites excluding steroid dienone is 1. The van der Waals surface area contributed by atoms with Gasteiger partial charge in [-0.1, -0.05) is 25.8 Å². The normalized spacial score (nSPS) is 29.2. The second-order valence-corrected chi connectivity index (χ2v) is 3.92. The van der Waals surface area contributed by atoms with Gasteiger partial charge >= 0.3 is 5.97 Å². The molecule has 2 atom stereocenters. The van der Waals surface area contributed by atoms with E-state index in [0.717, 1.165) is 0 Å². The molecule has 1 aliphatic carbocycles. The van der Waals surface area contributed by atoms with Crippen LogP contribution in [-0.4, -0.2) is 11.1 Å². The van der Waals surface area contributed by atoms with E-state index in [-0.39, 0.29) is 0 Å². The molecule has 0 aromatic carbocycles. The van der Waals surface area contributed by atoms with Crippen LogP contribution in [0.2, 0.25) is 0 Å². The van der Waals surface area contributed by atoms with Crippen LogP contribution in [0.5, 0.6) is 0 Å². The minimum absolute atomic E-state index is 0.505. The van der Waals surface area contributed by atoms with Crippen molar-refractivity contribution in [3.8, 4) is 0 Å². The molecule has 0 aromatic heterocycles. The van der Waals surface area contributed by atoms with Gasteiger partial charge in [-0.3, -0.25) is 0 Å². The third-order valence-corrected chi connectivity index (χ3v) is 3.04. The summed E-state index contributed by atoms with van der Waals surface area (Å²) in [6.07, 6.45) is 6.82. The van der Waals surface area contributed by atoms with Crippen LogP contribution in [0.1, 0.15) is 39.5 Å². The fraction of sp³-hybridized carbons (Fsp3) is 0.727. The van der Waals surface area contributed by atoms with Crippen LogP contribution >= 0.6 is 0 Å². The summed E-state index contributed by atoms with van der Waals surface area (Å²) >= 11 is 0. The van der Waals surface area contributed by atoms with E-state index < -0.39 is 5.97 Å². The van der Waals surface area contributed by atoms with E-state index in [2.05, 4.69) is 6.92 Å². The Balaban J connectivity index is 2.61. The maximum Gasteiger partial charge on any atom is 0.330 e. The lowest BCUT2D eigenvalue weighted by Crippen LogP contribution is -2.06.